The lowest BCUT2D eigenvalue weighted by atomic mass is 9.99. The maximum Gasteiger partial charge on any atom is 0.123 e. The van der Waals surface area contributed by atoms with E-state index in [9.17, 15) is 5.11 Å². The Morgan fingerprint density at radius 1 is 0.824 bits per heavy atom. The van der Waals surface area contributed by atoms with Gasteiger partial charge in [0, 0.05) is 29.7 Å². The number of hydrogen-bond donors (Lipinski definition) is 1. The minimum atomic E-state index is 0.284. The molecule has 3 aromatic carbocycles. The summed E-state index contributed by atoms with van der Waals surface area (Å²) in [6.45, 7) is 4.30. The number of aliphatic hydroxyl groups is 1. The van der Waals surface area contributed by atoms with E-state index in [1.54, 1.807) is 0 Å². The minimum absolute atomic E-state index is 0.284. The van der Waals surface area contributed by atoms with Gasteiger partial charge in [0.2, 0.25) is 0 Å². The normalized spacial score (nSPS) is 12.7. The van der Waals surface area contributed by atoms with E-state index >= 15 is 0 Å². The molecule has 0 spiro atoms. The van der Waals surface area contributed by atoms with Gasteiger partial charge in [0.25, 0.3) is 0 Å². The van der Waals surface area contributed by atoms with Gasteiger partial charge in [0.1, 0.15) is 5.76 Å². The number of nitrogens with zero attached hydrogens (tertiary/aromatic N) is 1. The standard InChI is InChI=1S/C32H33NO/c1-4-24-14-18-26(19-15-24)28(22-32(34)27-20-16-25(5-2)17-21-27)10-6-7-11-29-23-33(3)31-13-9-8-12-30(29)31/h7-23,34H,4-6H2,1-3H3/b11-7+,28-10+,32-22-. The Morgan fingerprint density at radius 3 is 2.09 bits per heavy atom. The van der Waals surface area contributed by atoms with Crippen molar-refractivity contribution in [1.29, 1.82) is 0 Å². The Hall–Kier alpha value is -3.78. The molecule has 0 aliphatic rings. The SMILES string of the molecule is CCc1ccc(/C(O)=C/C(=C\C/C=C/c2cn(C)c3ccccc23)c2ccc(CC)cc2)cc1. The number of para-hydroxylation sites is 1. The highest BCUT2D eigenvalue weighted by Crippen LogP contribution is 2.24. The molecular formula is C32H33NO. The lowest BCUT2D eigenvalue weighted by molar-refractivity contribution is 0.512. The van der Waals surface area contributed by atoms with Crippen molar-refractivity contribution in [2.45, 2.75) is 33.1 Å². The van der Waals surface area contributed by atoms with Crippen molar-refractivity contribution in [1.82, 2.24) is 4.57 Å². The van der Waals surface area contributed by atoms with Crippen molar-refractivity contribution < 1.29 is 5.11 Å². The molecule has 0 amide bonds. The average molecular weight is 448 g/mol. The second kappa shape index (κ2) is 10.9. The molecule has 4 rings (SSSR count). The summed E-state index contributed by atoms with van der Waals surface area (Å²) < 4.78 is 2.16. The van der Waals surface area contributed by atoms with Gasteiger partial charge in [-0.05, 0) is 59.2 Å². The molecule has 0 unspecified atom stereocenters. The van der Waals surface area contributed by atoms with E-state index in [1.165, 1.54) is 27.6 Å². The van der Waals surface area contributed by atoms with Crippen LogP contribution in [0.25, 0.3) is 28.3 Å². The Bertz CT molecular complexity index is 1330. The molecule has 1 N–H and O–H groups in total. The molecule has 0 fully saturated rings. The van der Waals surface area contributed by atoms with Gasteiger partial charge in [-0.2, -0.15) is 0 Å². The molecule has 0 saturated heterocycles. The summed E-state index contributed by atoms with van der Waals surface area (Å²) in [5.41, 5.74) is 7.98. The highest BCUT2D eigenvalue weighted by atomic mass is 16.3. The molecule has 34 heavy (non-hydrogen) atoms. The molecular weight excluding hydrogens is 414 g/mol. The van der Waals surface area contributed by atoms with E-state index in [-0.39, 0.29) is 5.76 Å². The highest BCUT2D eigenvalue weighted by molar-refractivity contribution is 5.89. The van der Waals surface area contributed by atoms with Crippen LogP contribution in [0.15, 0.2) is 97.2 Å². The van der Waals surface area contributed by atoms with E-state index < -0.39 is 0 Å². The van der Waals surface area contributed by atoms with E-state index in [2.05, 4.69) is 111 Å². The first-order valence-electron chi connectivity index (χ1n) is 12.1. The zero-order valence-corrected chi connectivity index (χ0v) is 20.3. The van der Waals surface area contributed by atoms with Crippen molar-refractivity contribution in [2.24, 2.45) is 7.05 Å². The summed E-state index contributed by atoms with van der Waals surface area (Å²) in [6, 6.07) is 25.2. The van der Waals surface area contributed by atoms with Gasteiger partial charge in [-0.15, -0.1) is 0 Å². The Labute approximate surface area is 203 Å². The van der Waals surface area contributed by atoms with Crippen molar-refractivity contribution >= 4 is 28.3 Å². The van der Waals surface area contributed by atoms with Gasteiger partial charge >= 0.3 is 0 Å². The van der Waals surface area contributed by atoms with Crippen LogP contribution < -0.4 is 0 Å². The molecule has 0 saturated carbocycles. The zero-order chi connectivity index (χ0) is 23.9. The number of aromatic nitrogens is 1. The fourth-order valence-corrected chi connectivity index (χ4v) is 4.23. The largest absolute Gasteiger partial charge is 0.507 e. The molecule has 0 atom stereocenters. The Kier molecular flexibility index (Phi) is 7.49. The predicted octanol–water partition coefficient (Wildman–Crippen LogP) is 8.39. The van der Waals surface area contributed by atoms with Crippen LogP contribution >= 0.6 is 0 Å². The monoisotopic (exact) mass is 447 g/mol. The van der Waals surface area contributed by atoms with E-state index in [0.29, 0.717) is 0 Å². The van der Waals surface area contributed by atoms with Gasteiger partial charge in [-0.1, -0.05) is 98.8 Å². The van der Waals surface area contributed by atoms with Crippen LogP contribution in [-0.2, 0) is 19.9 Å². The van der Waals surface area contributed by atoms with Gasteiger partial charge < -0.3 is 9.67 Å². The number of aryl methyl sites for hydroxylation is 3. The topological polar surface area (TPSA) is 25.2 Å². The maximum atomic E-state index is 10.9. The van der Waals surface area contributed by atoms with Crippen LogP contribution in [0.3, 0.4) is 0 Å². The molecule has 0 bridgehead atoms. The summed E-state index contributed by atoms with van der Waals surface area (Å²) in [7, 11) is 2.08. The average Bonchev–Trinajstić information content (AvgIpc) is 3.21. The first kappa shape index (κ1) is 23.4. The van der Waals surface area contributed by atoms with Crippen LogP contribution in [0, 0.1) is 0 Å². The van der Waals surface area contributed by atoms with Crippen LogP contribution in [0.4, 0.5) is 0 Å². The molecule has 1 aromatic heterocycles. The molecule has 172 valence electrons. The van der Waals surface area contributed by atoms with Gasteiger partial charge in [0.15, 0.2) is 0 Å². The van der Waals surface area contributed by atoms with Crippen LogP contribution in [0.5, 0.6) is 0 Å². The molecule has 2 heteroatoms. The fourth-order valence-electron chi connectivity index (χ4n) is 4.23. The summed E-state index contributed by atoms with van der Waals surface area (Å²) in [5, 5.41) is 12.1. The summed E-state index contributed by atoms with van der Waals surface area (Å²) in [5.74, 6) is 0.284. The second-order valence-corrected chi connectivity index (χ2v) is 8.64. The van der Waals surface area contributed by atoms with E-state index in [0.717, 1.165) is 36.0 Å². The van der Waals surface area contributed by atoms with Crippen molar-refractivity contribution in [2.75, 3.05) is 0 Å². The maximum absolute atomic E-state index is 10.9. The summed E-state index contributed by atoms with van der Waals surface area (Å²) >= 11 is 0. The number of allylic oxidation sites excluding steroid dienone is 4. The van der Waals surface area contributed by atoms with E-state index in [4.69, 9.17) is 0 Å². The van der Waals surface area contributed by atoms with Crippen molar-refractivity contribution in [3.05, 3.63) is 125 Å². The zero-order valence-electron chi connectivity index (χ0n) is 20.3. The molecule has 1 heterocycles. The van der Waals surface area contributed by atoms with Crippen molar-refractivity contribution in [3.8, 4) is 0 Å². The number of fused-ring (bicyclic) bond motifs is 1. The fraction of sp³-hybridized carbons (Fsp3) is 0.188. The molecule has 4 aromatic rings. The molecule has 0 aliphatic heterocycles. The minimum Gasteiger partial charge on any atom is -0.507 e. The van der Waals surface area contributed by atoms with Gasteiger partial charge in [0.05, 0.1) is 0 Å². The van der Waals surface area contributed by atoms with Gasteiger partial charge in [-0.3, -0.25) is 0 Å². The quantitative estimate of drug-likeness (QED) is 0.213. The smallest absolute Gasteiger partial charge is 0.123 e. The van der Waals surface area contributed by atoms with Crippen molar-refractivity contribution in [3.63, 3.8) is 0 Å². The molecule has 0 aliphatic carbocycles. The van der Waals surface area contributed by atoms with E-state index in [1.807, 2.05) is 18.2 Å². The number of benzene rings is 3. The molecule has 0 radical (unpaired) electrons. The van der Waals surface area contributed by atoms with Crippen LogP contribution in [0.1, 0.15) is 48.1 Å². The van der Waals surface area contributed by atoms with Gasteiger partial charge in [-0.25, -0.2) is 0 Å². The summed E-state index contributed by atoms with van der Waals surface area (Å²) in [4.78, 5) is 0. The second-order valence-electron chi connectivity index (χ2n) is 8.64. The third-order valence-corrected chi connectivity index (χ3v) is 6.34. The predicted molar refractivity (Wildman–Crippen MR) is 147 cm³/mol. The van der Waals surface area contributed by atoms with Crippen LogP contribution in [-0.4, -0.2) is 9.67 Å². The number of hydrogen-bond acceptors (Lipinski definition) is 1. The number of rotatable bonds is 8. The Balaban J connectivity index is 1.61. The van der Waals surface area contributed by atoms with Crippen LogP contribution in [0.2, 0.25) is 0 Å². The third-order valence-electron chi connectivity index (χ3n) is 6.34. The summed E-state index contributed by atoms with van der Waals surface area (Å²) in [6.07, 6.45) is 13.4. The lowest BCUT2D eigenvalue weighted by Gasteiger charge is -2.07. The molecule has 2 nitrogen and oxygen atoms in total. The highest BCUT2D eigenvalue weighted by Gasteiger charge is 2.05. The third kappa shape index (κ3) is 5.40. The first-order valence-corrected chi connectivity index (χ1v) is 12.1. The first-order chi connectivity index (χ1) is 16.6. The number of aliphatic hydroxyl groups excluding tert-OH is 1. The Morgan fingerprint density at radius 2 is 1.44 bits per heavy atom. The lowest BCUT2D eigenvalue weighted by Crippen LogP contribution is -1.89.